The lowest BCUT2D eigenvalue weighted by Crippen LogP contribution is -2.30. The van der Waals surface area contributed by atoms with Crippen molar-refractivity contribution in [2.75, 3.05) is 0 Å². The predicted octanol–water partition coefficient (Wildman–Crippen LogP) is 4.96. The lowest BCUT2D eigenvalue weighted by atomic mass is 10.1. The molecule has 1 amide bonds. The summed E-state index contributed by atoms with van der Waals surface area (Å²) in [5, 5.41) is 12.6. The number of nitrogens with zero attached hydrogens (tertiary/aromatic N) is 1. The van der Waals surface area contributed by atoms with Crippen molar-refractivity contribution in [3.63, 3.8) is 0 Å². The average molecular weight is 481 g/mol. The van der Waals surface area contributed by atoms with Crippen molar-refractivity contribution in [2.24, 2.45) is 0 Å². The zero-order valence-electron chi connectivity index (χ0n) is 14.4. The molecule has 0 heterocycles. The first-order valence-corrected chi connectivity index (χ1v) is 9.44. The monoisotopic (exact) mass is 480 g/mol. The highest BCUT2D eigenvalue weighted by atomic mass is 127. The first kappa shape index (κ1) is 20.3. The van der Waals surface area contributed by atoms with Gasteiger partial charge in [0, 0.05) is 11.1 Å². The van der Waals surface area contributed by atoms with Gasteiger partial charge in [-0.2, -0.15) is 5.26 Å². The molecular weight excluding hydrogens is 463 g/mol. The van der Waals surface area contributed by atoms with Gasteiger partial charge in [0.05, 0.1) is 3.57 Å². The van der Waals surface area contributed by atoms with Crippen molar-refractivity contribution < 1.29 is 9.53 Å². The number of carbonyl (C=O) groups is 1. The molecule has 0 aliphatic carbocycles. The standard InChI is InChI=1S/C20H18ClIN2O2/c1-13(2)24-20(25)16(11-23)9-15-5-8-19(18(22)10-15)26-12-14-3-6-17(21)7-4-14/h3-10,13H,12H2,1-2H3,(H,24,25)/b16-9-. The molecule has 134 valence electrons. The van der Waals surface area contributed by atoms with Gasteiger partial charge in [0.15, 0.2) is 0 Å². The highest BCUT2D eigenvalue weighted by Gasteiger charge is 2.11. The Bertz CT molecular complexity index is 855. The van der Waals surface area contributed by atoms with E-state index in [0.717, 1.165) is 20.4 Å². The van der Waals surface area contributed by atoms with Gasteiger partial charge in [-0.25, -0.2) is 0 Å². The lowest BCUT2D eigenvalue weighted by Gasteiger charge is -2.10. The maximum absolute atomic E-state index is 12.0. The molecule has 26 heavy (non-hydrogen) atoms. The van der Waals surface area contributed by atoms with Crippen LogP contribution in [0.25, 0.3) is 6.08 Å². The summed E-state index contributed by atoms with van der Waals surface area (Å²) in [5.74, 6) is 0.364. The molecule has 0 aromatic heterocycles. The molecule has 6 heteroatoms. The van der Waals surface area contributed by atoms with Gasteiger partial charge in [-0.1, -0.05) is 29.8 Å². The van der Waals surface area contributed by atoms with E-state index < -0.39 is 0 Å². The Kier molecular flexibility index (Phi) is 7.49. The van der Waals surface area contributed by atoms with E-state index in [0.29, 0.717) is 11.6 Å². The minimum atomic E-state index is -0.374. The summed E-state index contributed by atoms with van der Waals surface area (Å²) >= 11 is 8.05. The van der Waals surface area contributed by atoms with Crippen LogP contribution in [0.15, 0.2) is 48.0 Å². The summed E-state index contributed by atoms with van der Waals surface area (Å²) in [5.41, 5.74) is 1.86. The van der Waals surface area contributed by atoms with Gasteiger partial charge in [-0.3, -0.25) is 4.79 Å². The average Bonchev–Trinajstić information content (AvgIpc) is 2.59. The third kappa shape index (κ3) is 6.04. The third-order valence-corrected chi connectivity index (χ3v) is 4.45. The number of halogens is 2. The summed E-state index contributed by atoms with van der Waals surface area (Å²) in [7, 11) is 0. The quantitative estimate of drug-likeness (QED) is 0.361. The first-order chi connectivity index (χ1) is 12.4. The van der Waals surface area contributed by atoms with Crippen molar-refractivity contribution in [3.05, 3.63) is 67.8 Å². The number of carbonyl (C=O) groups excluding carboxylic acids is 1. The molecule has 2 aromatic rings. The van der Waals surface area contributed by atoms with Crippen LogP contribution >= 0.6 is 34.2 Å². The number of nitriles is 1. The Hall–Kier alpha value is -2.04. The van der Waals surface area contributed by atoms with Crippen LogP contribution < -0.4 is 10.1 Å². The van der Waals surface area contributed by atoms with Gasteiger partial charge < -0.3 is 10.1 Å². The molecule has 4 nitrogen and oxygen atoms in total. The van der Waals surface area contributed by atoms with E-state index in [-0.39, 0.29) is 17.5 Å². The number of hydrogen-bond acceptors (Lipinski definition) is 3. The molecule has 0 spiro atoms. The van der Waals surface area contributed by atoms with E-state index in [1.54, 1.807) is 6.08 Å². The van der Waals surface area contributed by atoms with Crippen molar-refractivity contribution in [1.82, 2.24) is 5.32 Å². The van der Waals surface area contributed by atoms with Crippen molar-refractivity contribution in [2.45, 2.75) is 26.5 Å². The Balaban J connectivity index is 2.10. The number of nitrogens with one attached hydrogen (secondary N) is 1. The second-order valence-electron chi connectivity index (χ2n) is 5.90. The van der Waals surface area contributed by atoms with Gasteiger partial charge in [0.1, 0.15) is 24.0 Å². The molecule has 2 rings (SSSR count). The lowest BCUT2D eigenvalue weighted by molar-refractivity contribution is -0.117. The van der Waals surface area contributed by atoms with Crippen LogP contribution in [-0.4, -0.2) is 11.9 Å². The van der Waals surface area contributed by atoms with Crippen LogP contribution in [0.4, 0.5) is 0 Å². The minimum absolute atomic E-state index is 0.0250. The number of benzene rings is 2. The first-order valence-electron chi connectivity index (χ1n) is 7.98. The fourth-order valence-electron chi connectivity index (χ4n) is 2.12. The Labute approximate surface area is 172 Å². The van der Waals surface area contributed by atoms with Crippen LogP contribution in [0, 0.1) is 14.9 Å². The van der Waals surface area contributed by atoms with E-state index >= 15 is 0 Å². The van der Waals surface area contributed by atoms with Gasteiger partial charge in [-0.05, 0) is 77.9 Å². The number of amides is 1. The van der Waals surface area contributed by atoms with E-state index in [1.807, 2.05) is 62.4 Å². The van der Waals surface area contributed by atoms with Crippen LogP contribution in [0.1, 0.15) is 25.0 Å². The summed E-state index contributed by atoms with van der Waals surface area (Å²) < 4.78 is 6.73. The second-order valence-corrected chi connectivity index (χ2v) is 7.50. The van der Waals surface area contributed by atoms with E-state index in [4.69, 9.17) is 16.3 Å². The zero-order chi connectivity index (χ0) is 19.1. The van der Waals surface area contributed by atoms with Crippen molar-refractivity contribution in [3.8, 4) is 11.8 Å². The molecule has 1 N–H and O–H groups in total. The maximum Gasteiger partial charge on any atom is 0.262 e. The Morgan fingerprint density at radius 2 is 2.00 bits per heavy atom. The fraction of sp³-hybridized carbons (Fsp3) is 0.200. The molecular formula is C20H18ClIN2O2. The Morgan fingerprint density at radius 1 is 1.31 bits per heavy atom. The summed E-state index contributed by atoms with van der Waals surface area (Å²) in [6.45, 7) is 4.13. The SMILES string of the molecule is CC(C)NC(=O)/C(C#N)=C\c1ccc(OCc2ccc(Cl)cc2)c(I)c1. The van der Waals surface area contributed by atoms with Crippen LogP contribution in [-0.2, 0) is 11.4 Å². The van der Waals surface area contributed by atoms with Crippen molar-refractivity contribution >= 4 is 46.2 Å². The topological polar surface area (TPSA) is 62.1 Å². The molecule has 0 saturated carbocycles. The van der Waals surface area contributed by atoms with Crippen LogP contribution in [0.3, 0.4) is 0 Å². The molecule has 0 atom stereocenters. The van der Waals surface area contributed by atoms with Gasteiger partial charge in [0.25, 0.3) is 5.91 Å². The fourth-order valence-corrected chi connectivity index (χ4v) is 2.94. The Morgan fingerprint density at radius 3 is 2.58 bits per heavy atom. The molecule has 0 radical (unpaired) electrons. The highest BCUT2D eigenvalue weighted by molar-refractivity contribution is 14.1. The number of rotatable bonds is 6. The summed E-state index contributed by atoms with van der Waals surface area (Å²) in [4.78, 5) is 12.0. The highest BCUT2D eigenvalue weighted by Crippen LogP contribution is 2.24. The molecule has 0 unspecified atom stereocenters. The number of hydrogen-bond donors (Lipinski definition) is 1. The second kappa shape index (κ2) is 9.60. The van der Waals surface area contributed by atoms with Gasteiger partial charge >= 0.3 is 0 Å². The third-order valence-electron chi connectivity index (χ3n) is 3.36. The normalized spacial score (nSPS) is 11.2. The summed E-state index contributed by atoms with van der Waals surface area (Å²) in [6.07, 6.45) is 1.57. The molecule has 0 saturated heterocycles. The number of ether oxygens (including phenoxy) is 1. The van der Waals surface area contributed by atoms with Crippen LogP contribution in [0.2, 0.25) is 5.02 Å². The van der Waals surface area contributed by atoms with Crippen molar-refractivity contribution in [1.29, 1.82) is 5.26 Å². The molecule has 0 bridgehead atoms. The predicted molar refractivity (Wildman–Crippen MR) is 112 cm³/mol. The van der Waals surface area contributed by atoms with Crippen LogP contribution in [0.5, 0.6) is 5.75 Å². The van der Waals surface area contributed by atoms with Gasteiger partial charge in [-0.15, -0.1) is 0 Å². The van der Waals surface area contributed by atoms with E-state index in [1.165, 1.54) is 0 Å². The minimum Gasteiger partial charge on any atom is -0.488 e. The molecule has 2 aromatic carbocycles. The summed E-state index contributed by atoms with van der Waals surface area (Å²) in [6, 6.07) is 14.9. The smallest absolute Gasteiger partial charge is 0.262 e. The van der Waals surface area contributed by atoms with E-state index in [2.05, 4.69) is 27.9 Å². The maximum atomic E-state index is 12.0. The van der Waals surface area contributed by atoms with Gasteiger partial charge in [0.2, 0.25) is 0 Å². The largest absolute Gasteiger partial charge is 0.488 e. The molecule has 0 aliphatic rings. The molecule has 0 aliphatic heterocycles. The molecule has 0 fully saturated rings. The zero-order valence-corrected chi connectivity index (χ0v) is 17.3. The van der Waals surface area contributed by atoms with E-state index in [9.17, 15) is 10.1 Å².